The number of hydrogen-bond acceptors (Lipinski definition) is 3. The van der Waals surface area contributed by atoms with Crippen LogP contribution in [-0.2, 0) is 6.42 Å². The van der Waals surface area contributed by atoms with E-state index in [-0.39, 0.29) is 6.04 Å². The van der Waals surface area contributed by atoms with Crippen molar-refractivity contribution in [3.63, 3.8) is 0 Å². The van der Waals surface area contributed by atoms with Crippen molar-refractivity contribution in [2.45, 2.75) is 39.7 Å². The molecule has 0 aliphatic rings. The average molecular weight is 192 g/mol. The Morgan fingerprint density at radius 2 is 2.21 bits per heavy atom. The molecule has 1 unspecified atom stereocenters. The van der Waals surface area contributed by atoms with Crippen LogP contribution in [0.5, 0.6) is 0 Å². The van der Waals surface area contributed by atoms with Crippen LogP contribution in [0.4, 0.5) is 5.82 Å². The van der Waals surface area contributed by atoms with Gasteiger partial charge >= 0.3 is 0 Å². The molecular weight excluding hydrogens is 176 g/mol. The van der Waals surface area contributed by atoms with Gasteiger partial charge < -0.3 is 5.73 Å². The minimum absolute atomic E-state index is 0.252. The van der Waals surface area contributed by atoms with Crippen molar-refractivity contribution in [1.29, 1.82) is 5.26 Å². The molecule has 0 spiro atoms. The number of aryl methyl sites for hydroxylation is 1. The van der Waals surface area contributed by atoms with Crippen LogP contribution < -0.4 is 5.73 Å². The van der Waals surface area contributed by atoms with Crippen molar-refractivity contribution in [3.05, 3.63) is 11.3 Å². The minimum Gasteiger partial charge on any atom is -0.383 e. The van der Waals surface area contributed by atoms with Gasteiger partial charge in [0.15, 0.2) is 0 Å². The van der Waals surface area contributed by atoms with Gasteiger partial charge in [0, 0.05) is 0 Å². The van der Waals surface area contributed by atoms with Gasteiger partial charge in [-0.25, -0.2) is 4.68 Å². The highest BCUT2D eigenvalue weighted by molar-refractivity contribution is 5.52. The molecule has 0 radical (unpaired) electrons. The monoisotopic (exact) mass is 192 g/mol. The first kappa shape index (κ1) is 10.6. The molecule has 0 saturated heterocycles. The van der Waals surface area contributed by atoms with Gasteiger partial charge in [-0.2, -0.15) is 10.4 Å². The molecular formula is C10H16N4. The Morgan fingerprint density at radius 3 is 2.57 bits per heavy atom. The Morgan fingerprint density at radius 1 is 1.57 bits per heavy atom. The SMILES string of the molecule is CCc1nn(C(C)CC)c(N)c1C#N. The summed E-state index contributed by atoms with van der Waals surface area (Å²) in [6.45, 7) is 6.09. The fourth-order valence-electron chi connectivity index (χ4n) is 1.37. The van der Waals surface area contributed by atoms with Gasteiger partial charge in [-0.05, 0) is 19.8 Å². The third kappa shape index (κ3) is 1.58. The number of hydrogen-bond donors (Lipinski definition) is 1. The van der Waals surface area contributed by atoms with Crippen molar-refractivity contribution >= 4 is 5.82 Å². The van der Waals surface area contributed by atoms with E-state index in [1.165, 1.54) is 0 Å². The predicted octanol–water partition coefficient (Wildman–Crippen LogP) is 1.87. The van der Waals surface area contributed by atoms with Gasteiger partial charge in [0.25, 0.3) is 0 Å². The third-order valence-electron chi connectivity index (χ3n) is 2.48. The van der Waals surface area contributed by atoms with Gasteiger partial charge in [-0.3, -0.25) is 0 Å². The summed E-state index contributed by atoms with van der Waals surface area (Å²) in [5.74, 6) is 0.499. The molecule has 4 nitrogen and oxygen atoms in total. The summed E-state index contributed by atoms with van der Waals surface area (Å²) < 4.78 is 1.75. The lowest BCUT2D eigenvalue weighted by Gasteiger charge is -2.10. The van der Waals surface area contributed by atoms with E-state index in [4.69, 9.17) is 11.0 Å². The highest BCUT2D eigenvalue weighted by Gasteiger charge is 2.16. The molecule has 1 rings (SSSR count). The molecule has 0 bridgehead atoms. The normalized spacial score (nSPS) is 12.4. The van der Waals surface area contributed by atoms with Crippen molar-refractivity contribution in [2.24, 2.45) is 0 Å². The highest BCUT2D eigenvalue weighted by Crippen LogP contribution is 2.21. The molecule has 1 atom stereocenters. The smallest absolute Gasteiger partial charge is 0.140 e. The number of nitrogen functional groups attached to an aromatic ring is 1. The third-order valence-corrected chi connectivity index (χ3v) is 2.48. The number of anilines is 1. The summed E-state index contributed by atoms with van der Waals surface area (Å²) in [5.41, 5.74) is 7.18. The van der Waals surface area contributed by atoms with Crippen LogP contribution in [0.2, 0.25) is 0 Å². The zero-order chi connectivity index (χ0) is 10.7. The van der Waals surface area contributed by atoms with E-state index in [1.54, 1.807) is 4.68 Å². The molecule has 0 saturated carbocycles. The summed E-state index contributed by atoms with van der Waals surface area (Å²) in [4.78, 5) is 0. The Labute approximate surface area is 84.3 Å². The first-order valence-electron chi connectivity index (χ1n) is 4.92. The van der Waals surface area contributed by atoms with Gasteiger partial charge in [-0.1, -0.05) is 13.8 Å². The van der Waals surface area contributed by atoms with E-state index in [0.717, 1.165) is 18.5 Å². The molecule has 1 heterocycles. The summed E-state index contributed by atoms with van der Waals surface area (Å²) in [6.07, 6.45) is 1.70. The van der Waals surface area contributed by atoms with Crippen molar-refractivity contribution < 1.29 is 0 Å². The first-order valence-corrected chi connectivity index (χ1v) is 4.92. The second-order valence-electron chi connectivity index (χ2n) is 3.37. The molecule has 0 aromatic carbocycles. The van der Waals surface area contributed by atoms with Crippen LogP contribution in [0.25, 0.3) is 0 Å². The quantitative estimate of drug-likeness (QED) is 0.794. The fraction of sp³-hybridized carbons (Fsp3) is 0.600. The summed E-state index contributed by atoms with van der Waals surface area (Å²) in [7, 11) is 0. The van der Waals surface area contributed by atoms with E-state index in [0.29, 0.717) is 11.4 Å². The molecule has 1 aromatic rings. The Kier molecular flexibility index (Phi) is 3.13. The van der Waals surface area contributed by atoms with Gasteiger partial charge in [0.05, 0.1) is 11.7 Å². The maximum absolute atomic E-state index is 8.91. The first-order chi connectivity index (χ1) is 6.65. The lowest BCUT2D eigenvalue weighted by atomic mass is 10.2. The van der Waals surface area contributed by atoms with Crippen LogP contribution in [0.1, 0.15) is 44.5 Å². The number of nitrogens with two attached hydrogens (primary N) is 1. The second-order valence-corrected chi connectivity index (χ2v) is 3.37. The molecule has 14 heavy (non-hydrogen) atoms. The summed E-state index contributed by atoms with van der Waals surface area (Å²) in [5, 5.41) is 13.3. The van der Waals surface area contributed by atoms with E-state index in [1.807, 2.05) is 13.8 Å². The van der Waals surface area contributed by atoms with E-state index >= 15 is 0 Å². The topological polar surface area (TPSA) is 67.6 Å². The van der Waals surface area contributed by atoms with Crippen LogP contribution >= 0.6 is 0 Å². The van der Waals surface area contributed by atoms with Gasteiger partial charge in [-0.15, -0.1) is 0 Å². The Balaban J connectivity index is 3.22. The highest BCUT2D eigenvalue weighted by atomic mass is 15.3. The largest absolute Gasteiger partial charge is 0.383 e. The molecule has 0 amide bonds. The molecule has 0 aliphatic carbocycles. The molecule has 4 heteroatoms. The van der Waals surface area contributed by atoms with Gasteiger partial charge in [0.1, 0.15) is 17.5 Å². The Hall–Kier alpha value is -1.50. The predicted molar refractivity (Wildman–Crippen MR) is 55.7 cm³/mol. The van der Waals surface area contributed by atoms with Crippen molar-refractivity contribution in [2.75, 3.05) is 5.73 Å². The van der Waals surface area contributed by atoms with Crippen molar-refractivity contribution in [1.82, 2.24) is 9.78 Å². The summed E-state index contributed by atoms with van der Waals surface area (Å²) in [6, 6.07) is 2.36. The Bertz CT molecular complexity index is 359. The number of nitriles is 1. The van der Waals surface area contributed by atoms with E-state index in [2.05, 4.69) is 18.1 Å². The minimum atomic E-state index is 0.252. The van der Waals surface area contributed by atoms with Crippen LogP contribution in [-0.4, -0.2) is 9.78 Å². The van der Waals surface area contributed by atoms with Crippen LogP contribution in [0.15, 0.2) is 0 Å². The van der Waals surface area contributed by atoms with Crippen LogP contribution in [0, 0.1) is 11.3 Å². The molecule has 0 fully saturated rings. The van der Waals surface area contributed by atoms with Crippen molar-refractivity contribution in [3.8, 4) is 6.07 Å². The van der Waals surface area contributed by atoms with Gasteiger partial charge in [0.2, 0.25) is 0 Å². The average Bonchev–Trinajstić information content (AvgIpc) is 2.53. The molecule has 1 aromatic heterocycles. The standard InChI is InChI=1S/C10H16N4/c1-4-7(3)14-10(12)8(6-11)9(5-2)13-14/h7H,4-5,12H2,1-3H3. The zero-order valence-electron chi connectivity index (χ0n) is 8.91. The van der Waals surface area contributed by atoms with E-state index < -0.39 is 0 Å². The number of aromatic nitrogens is 2. The molecule has 2 N–H and O–H groups in total. The summed E-state index contributed by atoms with van der Waals surface area (Å²) >= 11 is 0. The maximum Gasteiger partial charge on any atom is 0.140 e. The van der Waals surface area contributed by atoms with E-state index in [9.17, 15) is 0 Å². The fourth-order valence-corrected chi connectivity index (χ4v) is 1.37. The maximum atomic E-state index is 8.91. The zero-order valence-corrected chi connectivity index (χ0v) is 8.91. The number of rotatable bonds is 3. The lowest BCUT2D eigenvalue weighted by molar-refractivity contribution is 0.481. The lowest BCUT2D eigenvalue weighted by Crippen LogP contribution is -2.09. The second kappa shape index (κ2) is 4.14. The molecule has 76 valence electrons. The van der Waals surface area contributed by atoms with Crippen LogP contribution in [0.3, 0.4) is 0 Å². The number of nitrogens with zero attached hydrogens (tertiary/aromatic N) is 3. The molecule has 0 aliphatic heterocycles.